The van der Waals surface area contributed by atoms with Crippen molar-refractivity contribution in [3.8, 4) is 22.6 Å². The Morgan fingerprint density at radius 3 is 2.38 bits per heavy atom. The molecule has 0 aliphatic carbocycles. The Labute approximate surface area is 144 Å². The van der Waals surface area contributed by atoms with E-state index in [1.165, 1.54) is 0 Å². The van der Waals surface area contributed by atoms with Gasteiger partial charge in [0.25, 0.3) is 0 Å². The number of aromatic carboxylic acids is 1. The lowest BCUT2D eigenvalue weighted by Crippen LogP contribution is -2.11. The Balaban J connectivity index is 2.02. The van der Waals surface area contributed by atoms with E-state index in [-0.39, 0.29) is 5.56 Å². The molecule has 0 saturated heterocycles. The molecule has 1 N–H and O–H groups in total. The highest BCUT2D eigenvalue weighted by Gasteiger charge is 2.31. The lowest BCUT2D eigenvalue weighted by atomic mass is 9.88. The number of ether oxygens (including phenoxy) is 1. The van der Waals surface area contributed by atoms with Crippen molar-refractivity contribution in [3.63, 3.8) is 0 Å². The maximum Gasteiger partial charge on any atom is 0.336 e. The van der Waals surface area contributed by atoms with Crippen molar-refractivity contribution >= 4 is 17.6 Å². The third kappa shape index (κ3) is 2.25. The van der Waals surface area contributed by atoms with Crippen LogP contribution in [-0.4, -0.2) is 11.1 Å². The zero-order valence-corrected chi connectivity index (χ0v) is 13.3. The molecule has 0 fully saturated rings. The van der Waals surface area contributed by atoms with Gasteiger partial charge in [0.1, 0.15) is 11.5 Å². The van der Waals surface area contributed by atoms with E-state index in [2.05, 4.69) is 0 Å². The Morgan fingerprint density at radius 2 is 1.62 bits per heavy atom. The Morgan fingerprint density at radius 1 is 0.917 bits per heavy atom. The van der Waals surface area contributed by atoms with Gasteiger partial charge in [0, 0.05) is 16.7 Å². The minimum absolute atomic E-state index is 0.216. The number of carboxylic acid groups (broad SMARTS) is 1. The molecule has 4 rings (SSSR count). The fourth-order valence-corrected chi connectivity index (χ4v) is 3.49. The second-order valence-corrected chi connectivity index (χ2v) is 6.01. The molecule has 1 unspecified atom stereocenters. The minimum Gasteiger partial charge on any atom is -0.478 e. The van der Waals surface area contributed by atoms with Crippen LogP contribution in [0.3, 0.4) is 0 Å². The molecular weight excluding hydrogens is 324 g/mol. The Bertz CT molecular complexity index is 935. The molecule has 3 aromatic rings. The van der Waals surface area contributed by atoms with Crippen LogP contribution in [0.5, 0.6) is 11.5 Å². The van der Waals surface area contributed by atoms with Crippen LogP contribution < -0.4 is 4.74 Å². The van der Waals surface area contributed by atoms with Crippen LogP contribution in [0.1, 0.15) is 26.9 Å². The number of fused-ring (bicyclic) bond motifs is 2. The summed E-state index contributed by atoms with van der Waals surface area (Å²) in [6.45, 7) is 0. The average Bonchev–Trinajstić information content (AvgIpc) is 2.61. The molecule has 118 valence electrons. The fraction of sp³-hybridized carbons (Fsp3) is 0.0500. The van der Waals surface area contributed by atoms with Gasteiger partial charge in [-0.25, -0.2) is 4.79 Å². The smallest absolute Gasteiger partial charge is 0.336 e. The number of benzene rings is 3. The molecular formula is C20H13ClO3. The molecule has 0 radical (unpaired) electrons. The van der Waals surface area contributed by atoms with Gasteiger partial charge in [0.05, 0.1) is 10.9 Å². The third-order valence-corrected chi connectivity index (χ3v) is 4.62. The van der Waals surface area contributed by atoms with E-state index in [0.717, 1.165) is 11.1 Å². The van der Waals surface area contributed by atoms with Gasteiger partial charge in [-0.3, -0.25) is 0 Å². The fourth-order valence-electron chi connectivity index (χ4n) is 3.09. The molecule has 24 heavy (non-hydrogen) atoms. The van der Waals surface area contributed by atoms with Crippen LogP contribution in [0, 0.1) is 0 Å². The number of rotatable bonds is 2. The van der Waals surface area contributed by atoms with Gasteiger partial charge in [-0.2, -0.15) is 0 Å². The van der Waals surface area contributed by atoms with Crippen LogP contribution in [0.15, 0.2) is 66.7 Å². The first kappa shape index (κ1) is 14.8. The van der Waals surface area contributed by atoms with E-state index in [0.29, 0.717) is 22.6 Å². The van der Waals surface area contributed by atoms with E-state index >= 15 is 0 Å². The summed E-state index contributed by atoms with van der Waals surface area (Å²) in [5.74, 6) is 0.309. The number of carbonyl (C=O) groups is 1. The van der Waals surface area contributed by atoms with Crippen molar-refractivity contribution in [1.82, 2.24) is 0 Å². The number of alkyl halides is 1. The molecule has 0 saturated carbocycles. The predicted octanol–water partition coefficient (Wildman–Crippen LogP) is 5.49. The maximum atomic E-state index is 11.7. The molecule has 0 amide bonds. The molecule has 1 heterocycles. The standard InChI is InChI=1S/C20H13ClO3/c21-19-13-8-4-5-9-15(13)24-16-11-10-14(20(22)23)17(18(16)19)12-6-2-1-3-7-12/h1-11,19H,(H,22,23). The first-order valence-electron chi connectivity index (χ1n) is 7.53. The van der Waals surface area contributed by atoms with E-state index < -0.39 is 11.3 Å². The first-order chi connectivity index (χ1) is 11.7. The molecule has 1 aliphatic heterocycles. The lowest BCUT2D eigenvalue weighted by molar-refractivity contribution is 0.0697. The number of carboxylic acids is 1. The molecule has 0 aromatic heterocycles. The van der Waals surface area contributed by atoms with Gasteiger partial charge in [0.2, 0.25) is 0 Å². The van der Waals surface area contributed by atoms with Crippen molar-refractivity contribution < 1.29 is 14.6 Å². The normalized spacial score (nSPS) is 15.1. The lowest BCUT2D eigenvalue weighted by Gasteiger charge is -2.27. The quantitative estimate of drug-likeness (QED) is 0.630. The van der Waals surface area contributed by atoms with E-state index in [9.17, 15) is 9.90 Å². The summed E-state index contributed by atoms with van der Waals surface area (Å²) in [5, 5.41) is 9.15. The van der Waals surface area contributed by atoms with Gasteiger partial charge in [-0.15, -0.1) is 11.6 Å². The molecule has 4 heteroatoms. The monoisotopic (exact) mass is 336 g/mol. The number of hydrogen-bond acceptors (Lipinski definition) is 2. The second kappa shape index (κ2) is 5.69. The van der Waals surface area contributed by atoms with E-state index in [1.807, 2.05) is 54.6 Å². The summed E-state index contributed by atoms with van der Waals surface area (Å²) in [5.41, 5.74) is 3.16. The van der Waals surface area contributed by atoms with Crippen LogP contribution in [-0.2, 0) is 0 Å². The summed E-state index contributed by atoms with van der Waals surface area (Å²) in [6, 6.07) is 20.2. The van der Waals surface area contributed by atoms with Gasteiger partial charge < -0.3 is 9.84 Å². The van der Waals surface area contributed by atoms with Gasteiger partial charge in [-0.05, 0) is 23.8 Å². The highest BCUT2D eigenvalue weighted by atomic mass is 35.5. The van der Waals surface area contributed by atoms with Crippen molar-refractivity contribution in [3.05, 3.63) is 83.4 Å². The highest BCUT2D eigenvalue weighted by molar-refractivity contribution is 6.24. The molecule has 3 aromatic carbocycles. The zero-order valence-electron chi connectivity index (χ0n) is 12.6. The zero-order chi connectivity index (χ0) is 16.7. The number of halogens is 1. The highest BCUT2D eigenvalue weighted by Crippen LogP contribution is 2.50. The molecule has 1 aliphatic rings. The number of hydrogen-bond donors (Lipinski definition) is 1. The summed E-state index contributed by atoms with van der Waals surface area (Å²) in [6.07, 6.45) is 0. The predicted molar refractivity (Wildman–Crippen MR) is 93.0 cm³/mol. The van der Waals surface area contributed by atoms with Crippen molar-refractivity contribution in [2.24, 2.45) is 0 Å². The van der Waals surface area contributed by atoms with E-state index in [1.54, 1.807) is 12.1 Å². The van der Waals surface area contributed by atoms with Crippen molar-refractivity contribution in [1.29, 1.82) is 0 Å². The Kier molecular flexibility index (Phi) is 3.51. The average molecular weight is 337 g/mol. The largest absolute Gasteiger partial charge is 0.478 e. The van der Waals surface area contributed by atoms with Crippen LogP contribution in [0.25, 0.3) is 11.1 Å². The Hall–Kier alpha value is -2.78. The third-order valence-electron chi connectivity index (χ3n) is 4.16. The van der Waals surface area contributed by atoms with Crippen LogP contribution in [0.4, 0.5) is 0 Å². The number of para-hydroxylation sites is 1. The van der Waals surface area contributed by atoms with Crippen LogP contribution >= 0.6 is 11.6 Å². The summed E-state index contributed by atoms with van der Waals surface area (Å²) >= 11 is 6.74. The first-order valence-corrected chi connectivity index (χ1v) is 7.97. The van der Waals surface area contributed by atoms with Crippen molar-refractivity contribution in [2.75, 3.05) is 0 Å². The second-order valence-electron chi connectivity index (χ2n) is 5.57. The topological polar surface area (TPSA) is 46.5 Å². The van der Waals surface area contributed by atoms with Gasteiger partial charge >= 0.3 is 5.97 Å². The minimum atomic E-state index is -0.987. The SMILES string of the molecule is O=C(O)c1ccc2c(c1-c1ccccc1)C(Cl)c1ccccc1O2. The van der Waals surface area contributed by atoms with Crippen LogP contribution in [0.2, 0.25) is 0 Å². The van der Waals surface area contributed by atoms with Gasteiger partial charge in [-0.1, -0.05) is 48.5 Å². The molecule has 0 bridgehead atoms. The molecule has 1 atom stereocenters. The maximum absolute atomic E-state index is 11.7. The summed E-state index contributed by atoms with van der Waals surface area (Å²) < 4.78 is 5.97. The molecule has 3 nitrogen and oxygen atoms in total. The van der Waals surface area contributed by atoms with Gasteiger partial charge in [0.15, 0.2) is 0 Å². The molecule has 0 spiro atoms. The summed E-state index contributed by atoms with van der Waals surface area (Å²) in [4.78, 5) is 11.7. The summed E-state index contributed by atoms with van der Waals surface area (Å²) in [7, 11) is 0. The van der Waals surface area contributed by atoms with E-state index in [4.69, 9.17) is 16.3 Å². The van der Waals surface area contributed by atoms with Crippen molar-refractivity contribution in [2.45, 2.75) is 5.38 Å².